The van der Waals surface area contributed by atoms with Crippen molar-refractivity contribution >= 4 is 41.3 Å². The number of benzene rings is 1. The summed E-state index contributed by atoms with van der Waals surface area (Å²) >= 11 is 1.74. The molecule has 1 aliphatic rings. The van der Waals surface area contributed by atoms with Crippen molar-refractivity contribution in [2.24, 2.45) is 4.99 Å². The maximum Gasteiger partial charge on any atom is 0.191 e. The zero-order valence-corrected chi connectivity index (χ0v) is 22.0. The van der Waals surface area contributed by atoms with Crippen LogP contribution in [0.5, 0.6) is 11.5 Å². The van der Waals surface area contributed by atoms with Gasteiger partial charge in [0.25, 0.3) is 0 Å². The minimum Gasteiger partial charge on any atom is -0.497 e. The Balaban J connectivity index is 0.00000341. The number of halogens is 1. The van der Waals surface area contributed by atoms with Crippen molar-refractivity contribution in [2.45, 2.75) is 38.8 Å². The first-order chi connectivity index (χ1) is 14.6. The molecular formula is C22H34IN5O2S. The molecule has 1 atom stereocenters. The van der Waals surface area contributed by atoms with Crippen LogP contribution in [0.3, 0.4) is 0 Å². The third kappa shape index (κ3) is 7.80. The molecule has 1 aromatic carbocycles. The number of likely N-dealkylation sites (tertiary alicyclic amines) is 1. The Hall–Kier alpha value is -1.59. The quantitative estimate of drug-likeness (QED) is 0.279. The summed E-state index contributed by atoms with van der Waals surface area (Å²) in [4.78, 5) is 11.5. The van der Waals surface area contributed by atoms with Gasteiger partial charge in [-0.25, -0.2) is 4.98 Å². The fourth-order valence-electron chi connectivity index (χ4n) is 3.63. The number of nitrogens with one attached hydrogen (secondary N) is 2. The lowest BCUT2D eigenvalue weighted by atomic mass is 10.2. The number of methoxy groups -OCH3 is 2. The maximum absolute atomic E-state index is 5.39. The van der Waals surface area contributed by atoms with E-state index in [1.165, 1.54) is 10.6 Å². The van der Waals surface area contributed by atoms with Crippen LogP contribution >= 0.6 is 35.3 Å². The van der Waals surface area contributed by atoms with Crippen LogP contribution in [0.25, 0.3) is 0 Å². The Labute approximate surface area is 206 Å². The van der Waals surface area contributed by atoms with Gasteiger partial charge in [-0.05, 0) is 30.5 Å². The van der Waals surface area contributed by atoms with Crippen LogP contribution in [-0.4, -0.2) is 62.8 Å². The Morgan fingerprint density at radius 2 is 2.00 bits per heavy atom. The van der Waals surface area contributed by atoms with Crippen LogP contribution in [0.2, 0.25) is 0 Å². The number of hydrogen-bond donors (Lipinski definition) is 2. The van der Waals surface area contributed by atoms with Gasteiger partial charge in [0.2, 0.25) is 0 Å². The van der Waals surface area contributed by atoms with Gasteiger partial charge in [0.15, 0.2) is 5.96 Å². The maximum atomic E-state index is 5.39. The minimum atomic E-state index is 0. The molecule has 1 saturated heterocycles. The molecule has 172 valence electrons. The lowest BCUT2D eigenvalue weighted by Gasteiger charge is -2.19. The van der Waals surface area contributed by atoms with Crippen molar-refractivity contribution < 1.29 is 9.47 Å². The van der Waals surface area contributed by atoms with Gasteiger partial charge < -0.3 is 20.1 Å². The summed E-state index contributed by atoms with van der Waals surface area (Å²) in [6.45, 7) is 5.87. The minimum absolute atomic E-state index is 0. The second-order valence-electron chi connectivity index (χ2n) is 7.42. The Kier molecular flexibility index (Phi) is 10.8. The summed E-state index contributed by atoms with van der Waals surface area (Å²) in [6, 6.07) is 6.44. The predicted octanol–water partition coefficient (Wildman–Crippen LogP) is 3.32. The summed E-state index contributed by atoms with van der Waals surface area (Å²) in [6.07, 6.45) is 3.00. The smallest absolute Gasteiger partial charge is 0.191 e. The van der Waals surface area contributed by atoms with Crippen LogP contribution < -0.4 is 20.1 Å². The van der Waals surface area contributed by atoms with E-state index in [2.05, 4.69) is 49.9 Å². The molecule has 0 aliphatic carbocycles. The van der Waals surface area contributed by atoms with Gasteiger partial charge in [-0.15, -0.1) is 35.3 Å². The standard InChI is InChI=1S/C22H33N5O2S.HI/c1-5-21-25-18(15-30-21)6-8-24-22(23-2)26-17-7-9-27(14-17)13-16-10-19(28-3)12-20(11-16)29-4;/h10-12,15,17H,5-9,13-14H2,1-4H3,(H2,23,24,26);1H. The lowest BCUT2D eigenvalue weighted by Crippen LogP contribution is -2.45. The zero-order chi connectivity index (χ0) is 21.3. The van der Waals surface area contributed by atoms with Crippen molar-refractivity contribution in [3.8, 4) is 11.5 Å². The largest absolute Gasteiger partial charge is 0.497 e. The van der Waals surface area contributed by atoms with Gasteiger partial charge >= 0.3 is 0 Å². The van der Waals surface area contributed by atoms with Gasteiger partial charge in [-0.3, -0.25) is 9.89 Å². The highest BCUT2D eigenvalue weighted by atomic mass is 127. The van der Waals surface area contributed by atoms with Gasteiger partial charge in [0.1, 0.15) is 11.5 Å². The molecule has 3 rings (SSSR count). The van der Waals surface area contributed by atoms with E-state index >= 15 is 0 Å². The van der Waals surface area contributed by atoms with E-state index in [0.717, 1.165) is 68.6 Å². The number of rotatable bonds is 9. The highest BCUT2D eigenvalue weighted by Crippen LogP contribution is 2.24. The van der Waals surface area contributed by atoms with E-state index < -0.39 is 0 Å². The van der Waals surface area contributed by atoms with Gasteiger partial charge in [0, 0.05) is 57.1 Å². The van der Waals surface area contributed by atoms with Crippen molar-refractivity contribution in [1.82, 2.24) is 20.5 Å². The number of aromatic nitrogens is 1. The first-order valence-electron chi connectivity index (χ1n) is 10.5. The fourth-order valence-corrected chi connectivity index (χ4v) is 4.41. The Bertz CT molecular complexity index is 823. The van der Waals surface area contributed by atoms with E-state index in [0.29, 0.717) is 6.04 Å². The molecule has 0 bridgehead atoms. The Morgan fingerprint density at radius 3 is 2.61 bits per heavy atom. The molecule has 0 saturated carbocycles. The van der Waals surface area contributed by atoms with Crippen LogP contribution in [0.15, 0.2) is 28.6 Å². The summed E-state index contributed by atoms with van der Waals surface area (Å²) in [5, 5.41) is 10.3. The first-order valence-corrected chi connectivity index (χ1v) is 11.4. The second kappa shape index (κ2) is 13.1. The molecule has 9 heteroatoms. The van der Waals surface area contributed by atoms with Crippen molar-refractivity contribution in [1.29, 1.82) is 0 Å². The fraction of sp³-hybridized carbons (Fsp3) is 0.545. The highest BCUT2D eigenvalue weighted by molar-refractivity contribution is 14.0. The summed E-state index contributed by atoms with van der Waals surface area (Å²) in [7, 11) is 5.19. The zero-order valence-electron chi connectivity index (χ0n) is 18.8. The average Bonchev–Trinajstić information content (AvgIpc) is 3.41. The molecule has 31 heavy (non-hydrogen) atoms. The molecule has 2 heterocycles. The number of thiazole rings is 1. The van der Waals surface area contributed by atoms with Crippen LogP contribution in [0, 0.1) is 0 Å². The molecular weight excluding hydrogens is 525 g/mol. The molecule has 1 unspecified atom stereocenters. The molecule has 1 fully saturated rings. The average molecular weight is 560 g/mol. The second-order valence-corrected chi connectivity index (χ2v) is 8.36. The summed E-state index contributed by atoms with van der Waals surface area (Å²) < 4.78 is 10.8. The summed E-state index contributed by atoms with van der Waals surface area (Å²) in [5.41, 5.74) is 2.35. The van der Waals surface area contributed by atoms with Crippen molar-refractivity contribution in [3.05, 3.63) is 39.8 Å². The molecule has 1 aliphatic heterocycles. The van der Waals surface area contributed by atoms with Crippen molar-refractivity contribution in [3.63, 3.8) is 0 Å². The number of hydrogen-bond acceptors (Lipinski definition) is 6. The monoisotopic (exact) mass is 559 g/mol. The van der Waals surface area contributed by atoms with Crippen LogP contribution in [0.1, 0.15) is 29.6 Å². The van der Waals surface area contributed by atoms with E-state index in [1.807, 2.05) is 13.1 Å². The molecule has 7 nitrogen and oxygen atoms in total. The van der Waals surface area contributed by atoms with Crippen LogP contribution in [-0.2, 0) is 19.4 Å². The van der Waals surface area contributed by atoms with E-state index in [-0.39, 0.29) is 24.0 Å². The third-order valence-corrected chi connectivity index (χ3v) is 6.27. The van der Waals surface area contributed by atoms with E-state index in [1.54, 1.807) is 25.6 Å². The third-order valence-electron chi connectivity index (χ3n) is 5.23. The molecule has 0 spiro atoms. The molecule has 0 radical (unpaired) electrons. The molecule has 2 aromatic rings. The van der Waals surface area contributed by atoms with E-state index in [4.69, 9.17) is 9.47 Å². The lowest BCUT2D eigenvalue weighted by molar-refractivity contribution is 0.321. The topological polar surface area (TPSA) is 71.0 Å². The van der Waals surface area contributed by atoms with Gasteiger partial charge in [0.05, 0.1) is 24.9 Å². The number of guanidine groups is 1. The molecule has 1 aromatic heterocycles. The molecule has 2 N–H and O–H groups in total. The molecule has 0 amide bonds. The highest BCUT2D eigenvalue weighted by Gasteiger charge is 2.23. The summed E-state index contributed by atoms with van der Waals surface area (Å²) in [5.74, 6) is 2.51. The number of ether oxygens (including phenoxy) is 2. The predicted molar refractivity (Wildman–Crippen MR) is 138 cm³/mol. The SMILES string of the molecule is CCc1nc(CCNC(=NC)NC2CCN(Cc3cc(OC)cc(OC)c3)C2)cs1.I. The Morgan fingerprint density at radius 1 is 1.26 bits per heavy atom. The first kappa shape index (κ1) is 25.7. The normalized spacial score (nSPS) is 16.6. The van der Waals surface area contributed by atoms with Gasteiger partial charge in [-0.1, -0.05) is 6.92 Å². The van der Waals surface area contributed by atoms with Gasteiger partial charge in [-0.2, -0.15) is 0 Å². The van der Waals surface area contributed by atoms with Crippen molar-refractivity contribution in [2.75, 3.05) is 40.9 Å². The number of aryl methyl sites for hydroxylation is 1. The van der Waals surface area contributed by atoms with E-state index in [9.17, 15) is 0 Å². The number of aliphatic imine (C=N–C) groups is 1. The number of nitrogens with zero attached hydrogens (tertiary/aromatic N) is 3. The van der Waals surface area contributed by atoms with Crippen LogP contribution in [0.4, 0.5) is 0 Å².